The Labute approximate surface area is 122 Å². The summed E-state index contributed by atoms with van der Waals surface area (Å²) in [5.74, 6) is 0.660. The molecule has 104 valence electrons. The summed E-state index contributed by atoms with van der Waals surface area (Å²) in [6.07, 6.45) is 4.87. The number of methoxy groups -OCH3 is 1. The van der Waals surface area contributed by atoms with Crippen molar-refractivity contribution in [3.63, 3.8) is 0 Å². The highest BCUT2D eigenvalue weighted by molar-refractivity contribution is 9.10. The van der Waals surface area contributed by atoms with Crippen LogP contribution in [0, 0.1) is 5.41 Å². The van der Waals surface area contributed by atoms with Crippen LogP contribution >= 0.6 is 15.9 Å². The minimum Gasteiger partial charge on any atom is -0.497 e. The number of amides is 1. The van der Waals surface area contributed by atoms with Crippen LogP contribution in [0.25, 0.3) is 0 Å². The zero-order chi connectivity index (χ0) is 13.9. The topological polar surface area (TPSA) is 38.3 Å². The molecule has 0 aliphatic heterocycles. The Balaban J connectivity index is 2.03. The van der Waals surface area contributed by atoms with Gasteiger partial charge in [0, 0.05) is 11.0 Å². The third-order valence-electron chi connectivity index (χ3n) is 4.21. The van der Waals surface area contributed by atoms with Gasteiger partial charge in [0.1, 0.15) is 5.75 Å². The first-order valence-corrected chi connectivity index (χ1v) is 7.51. The fourth-order valence-electron chi connectivity index (χ4n) is 2.50. The van der Waals surface area contributed by atoms with Crippen LogP contribution in [0.15, 0.2) is 22.7 Å². The molecule has 0 bridgehead atoms. The average molecular weight is 326 g/mol. The highest BCUT2D eigenvalue weighted by Gasteiger charge is 2.35. The highest BCUT2D eigenvalue weighted by Crippen LogP contribution is 2.43. The van der Waals surface area contributed by atoms with Crippen molar-refractivity contribution in [1.29, 1.82) is 0 Å². The summed E-state index contributed by atoms with van der Waals surface area (Å²) in [6, 6.07) is 5.44. The molecule has 1 aliphatic carbocycles. The third-order valence-corrected chi connectivity index (χ3v) is 4.90. The smallest absolute Gasteiger partial charge is 0.252 e. The predicted molar refractivity (Wildman–Crippen MR) is 79.6 cm³/mol. The van der Waals surface area contributed by atoms with Crippen LogP contribution < -0.4 is 10.1 Å². The maximum atomic E-state index is 12.2. The van der Waals surface area contributed by atoms with Crippen molar-refractivity contribution in [1.82, 2.24) is 5.32 Å². The lowest BCUT2D eigenvalue weighted by Gasteiger charge is -2.41. The molecule has 1 saturated carbocycles. The summed E-state index contributed by atoms with van der Waals surface area (Å²) in [7, 11) is 1.60. The zero-order valence-electron chi connectivity index (χ0n) is 11.5. The molecule has 4 heteroatoms. The van der Waals surface area contributed by atoms with Crippen LogP contribution in [0.4, 0.5) is 0 Å². The number of ether oxygens (including phenoxy) is 1. The fraction of sp³-hybridized carbons (Fsp3) is 0.533. The molecule has 0 radical (unpaired) electrons. The Morgan fingerprint density at radius 2 is 2.21 bits per heavy atom. The lowest BCUT2D eigenvalue weighted by atomic mass is 9.67. The lowest BCUT2D eigenvalue weighted by molar-refractivity contribution is 0.0849. The molecule has 3 nitrogen and oxygen atoms in total. The Morgan fingerprint density at radius 3 is 2.74 bits per heavy atom. The van der Waals surface area contributed by atoms with Gasteiger partial charge in [-0.3, -0.25) is 4.79 Å². The van der Waals surface area contributed by atoms with Crippen LogP contribution in [-0.2, 0) is 0 Å². The van der Waals surface area contributed by atoms with Crippen molar-refractivity contribution in [2.75, 3.05) is 13.7 Å². The van der Waals surface area contributed by atoms with E-state index in [0.717, 1.165) is 17.4 Å². The maximum Gasteiger partial charge on any atom is 0.252 e. The van der Waals surface area contributed by atoms with Crippen LogP contribution in [0.2, 0.25) is 0 Å². The van der Waals surface area contributed by atoms with Gasteiger partial charge >= 0.3 is 0 Å². The number of halogens is 1. The molecule has 0 saturated heterocycles. The van der Waals surface area contributed by atoms with E-state index < -0.39 is 0 Å². The first kappa shape index (κ1) is 14.4. The summed E-state index contributed by atoms with van der Waals surface area (Å²) in [5.41, 5.74) is 0.964. The largest absolute Gasteiger partial charge is 0.497 e. The van der Waals surface area contributed by atoms with Gasteiger partial charge in [-0.15, -0.1) is 0 Å². The standard InChI is InChI=1S/C15H20BrNO2/c1-3-15(7-4-8-15)10-17-14(18)12-9-11(19-2)5-6-13(12)16/h5-6,9H,3-4,7-8,10H2,1-2H3,(H,17,18). The summed E-state index contributed by atoms with van der Waals surface area (Å²) in [4.78, 5) is 12.2. The summed E-state index contributed by atoms with van der Waals surface area (Å²) in [5, 5.41) is 3.06. The molecule has 1 aliphatic rings. The number of benzene rings is 1. The van der Waals surface area contributed by atoms with Crippen molar-refractivity contribution >= 4 is 21.8 Å². The normalized spacial score (nSPS) is 16.6. The van der Waals surface area contributed by atoms with Crippen molar-refractivity contribution < 1.29 is 9.53 Å². The van der Waals surface area contributed by atoms with E-state index in [1.54, 1.807) is 13.2 Å². The third kappa shape index (κ3) is 3.11. The number of carbonyl (C=O) groups excluding carboxylic acids is 1. The maximum absolute atomic E-state index is 12.2. The number of carbonyl (C=O) groups is 1. The van der Waals surface area contributed by atoms with Gasteiger partial charge in [0.25, 0.3) is 5.91 Å². The Bertz CT molecular complexity index is 464. The van der Waals surface area contributed by atoms with Gasteiger partial charge in [-0.1, -0.05) is 13.3 Å². The molecular weight excluding hydrogens is 306 g/mol. The quantitative estimate of drug-likeness (QED) is 0.894. The molecule has 1 N–H and O–H groups in total. The molecule has 0 aromatic heterocycles. The van der Waals surface area contributed by atoms with E-state index in [1.807, 2.05) is 12.1 Å². The minimum atomic E-state index is -0.0366. The lowest BCUT2D eigenvalue weighted by Crippen LogP contribution is -2.41. The van der Waals surface area contributed by atoms with Gasteiger partial charge in [0.05, 0.1) is 12.7 Å². The van der Waals surface area contributed by atoms with E-state index in [-0.39, 0.29) is 5.91 Å². The van der Waals surface area contributed by atoms with E-state index >= 15 is 0 Å². The van der Waals surface area contributed by atoms with E-state index in [9.17, 15) is 4.79 Å². The average Bonchev–Trinajstić information content (AvgIpc) is 2.38. The number of hydrogen-bond donors (Lipinski definition) is 1. The van der Waals surface area contributed by atoms with Crippen molar-refractivity contribution in [2.24, 2.45) is 5.41 Å². The van der Waals surface area contributed by atoms with E-state index in [1.165, 1.54) is 19.3 Å². The monoisotopic (exact) mass is 325 g/mol. The Hall–Kier alpha value is -1.03. The van der Waals surface area contributed by atoms with Crippen molar-refractivity contribution in [3.05, 3.63) is 28.2 Å². The second-order valence-corrected chi connectivity index (χ2v) is 6.09. The van der Waals surface area contributed by atoms with Gasteiger partial charge in [-0.2, -0.15) is 0 Å². The van der Waals surface area contributed by atoms with Crippen LogP contribution in [0.1, 0.15) is 43.0 Å². The molecule has 1 aromatic carbocycles. The molecule has 0 spiro atoms. The predicted octanol–water partition coefficient (Wildman–Crippen LogP) is 3.77. The fourth-order valence-corrected chi connectivity index (χ4v) is 2.93. The van der Waals surface area contributed by atoms with Crippen LogP contribution in [-0.4, -0.2) is 19.6 Å². The zero-order valence-corrected chi connectivity index (χ0v) is 13.0. The second kappa shape index (κ2) is 5.95. The highest BCUT2D eigenvalue weighted by atomic mass is 79.9. The van der Waals surface area contributed by atoms with Gasteiger partial charge in [0.2, 0.25) is 0 Å². The van der Waals surface area contributed by atoms with Gasteiger partial charge in [0.15, 0.2) is 0 Å². The van der Waals surface area contributed by atoms with Gasteiger partial charge in [-0.25, -0.2) is 0 Å². The Kier molecular flexibility index (Phi) is 4.50. The van der Waals surface area contributed by atoms with Gasteiger partial charge < -0.3 is 10.1 Å². The molecule has 1 fully saturated rings. The molecule has 0 unspecified atom stereocenters. The molecule has 0 heterocycles. The number of rotatable bonds is 5. The first-order valence-electron chi connectivity index (χ1n) is 6.72. The molecule has 2 rings (SSSR count). The van der Waals surface area contributed by atoms with E-state index in [0.29, 0.717) is 16.7 Å². The molecule has 1 aromatic rings. The summed E-state index contributed by atoms with van der Waals surface area (Å²) < 4.78 is 5.95. The van der Waals surface area contributed by atoms with Gasteiger partial charge in [-0.05, 0) is 58.8 Å². The van der Waals surface area contributed by atoms with E-state index in [2.05, 4.69) is 28.2 Å². The molecular formula is C15H20BrNO2. The second-order valence-electron chi connectivity index (χ2n) is 5.24. The summed E-state index contributed by atoms with van der Waals surface area (Å²) in [6.45, 7) is 2.97. The molecule has 0 atom stereocenters. The van der Waals surface area contributed by atoms with Crippen LogP contribution in [0.5, 0.6) is 5.75 Å². The summed E-state index contributed by atoms with van der Waals surface area (Å²) >= 11 is 3.41. The molecule has 1 amide bonds. The Morgan fingerprint density at radius 1 is 1.47 bits per heavy atom. The van der Waals surface area contributed by atoms with Crippen molar-refractivity contribution in [3.8, 4) is 5.75 Å². The molecule has 19 heavy (non-hydrogen) atoms. The minimum absolute atomic E-state index is 0.0366. The van der Waals surface area contributed by atoms with Crippen molar-refractivity contribution in [2.45, 2.75) is 32.6 Å². The number of hydrogen-bond acceptors (Lipinski definition) is 2. The van der Waals surface area contributed by atoms with Crippen LogP contribution in [0.3, 0.4) is 0 Å². The first-order chi connectivity index (χ1) is 9.10. The number of nitrogens with one attached hydrogen (secondary N) is 1. The SMILES string of the molecule is CCC1(CNC(=O)c2cc(OC)ccc2Br)CCC1. The van der Waals surface area contributed by atoms with E-state index in [4.69, 9.17) is 4.74 Å².